The van der Waals surface area contributed by atoms with Gasteiger partial charge in [0.1, 0.15) is 5.75 Å². The van der Waals surface area contributed by atoms with Crippen molar-refractivity contribution in [1.29, 1.82) is 0 Å². The average Bonchev–Trinajstić information content (AvgIpc) is 2.63. The van der Waals surface area contributed by atoms with Gasteiger partial charge in [-0.25, -0.2) is 0 Å². The van der Waals surface area contributed by atoms with Crippen molar-refractivity contribution in [2.24, 2.45) is 0 Å². The van der Waals surface area contributed by atoms with Crippen LogP contribution in [0.4, 0.5) is 0 Å². The summed E-state index contributed by atoms with van der Waals surface area (Å²) in [6.45, 7) is 0. The van der Waals surface area contributed by atoms with Crippen LogP contribution in [0.15, 0.2) is 83.8 Å². The number of fused-ring (bicyclic) bond motifs is 1. The number of phenols is 1. The highest BCUT2D eigenvalue weighted by atomic mass is 16.3. The molecule has 4 aromatic rings. The Morgan fingerprint density at radius 3 is 2.42 bits per heavy atom. The molecule has 3 aromatic carbocycles. The van der Waals surface area contributed by atoms with Crippen molar-refractivity contribution in [3.63, 3.8) is 0 Å². The lowest BCUT2D eigenvalue weighted by atomic mass is 10.0. The minimum atomic E-state index is -0.244. The summed E-state index contributed by atoms with van der Waals surface area (Å²) in [5, 5.41) is 16.5. The summed E-state index contributed by atoms with van der Waals surface area (Å²) >= 11 is 0. The van der Waals surface area contributed by atoms with Gasteiger partial charge in [0.15, 0.2) is 0 Å². The average molecular weight is 314 g/mol. The molecule has 0 aliphatic carbocycles. The summed E-state index contributed by atoms with van der Waals surface area (Å²) < 4.78 is 1.33. The molecule has 0 saturated carbocycles. The first kappa shape index (κ1) is 14.2. The smallest absolute Gasteiger partial charge is 0.272 e. The Bertz CT molecular complexity index is 1090. The Labute approximate surface area is 138 Å². The first-order valence-corrected chi connectivity index (χ1v) is 7.60. The molecule has 0 radical (unpaired) electrons. The van der Waals surface area contributed by atoms with Crippen LogP contribution in [-0.2, 0) is 0 Å². The number of aromatic hydroxyl groups is 1. The van der Waals surface area contributed by atoms with E-state index in [0.29, 0.717) is 16.8 Å². The van der Waals surface area contributed by atoms with E-state index in [1.54, 1.807) is 12.3 Å². The number of nitrogens with zero attached hydrogens (tertiary/aromatic N) is 2. The van der Waals surface area contributed by atoms with Gasteiger partial charge in [-0.05, 0) is 23.6 Å². The maximum absolute atomic E-state index is 12.4. The first-order chi connectivity index (χ1) is 11.7. The monoisotopic (exact) mass is 314 g/mol. The standard InChI is InChI=1S/C20H14N2O2/c23-19-12-15(13-21-22(19)16-7-2-1-3-8-16)18-11-10-14-6-4-5-9-17(14)20(18)24/h1-13,24H. The van der Waals surface area contributed by atoms with E-state index in [9.17, 15) is 9.90 Å². The Balaban J connectivity index is 1.85. The Kier molecular flexibility index (Phi) is 3.35. The van der Waals surface area contributed by atoms with Crippen LogP contribution < -0.4 is 5.56 Å². The van der Waals surface area contributed by atoms with Gasteiger partial charge in [-0.15, -0.1) is 0 Å². The van der Waals surface area contributed by atoms with Crippen molar-refractivity contribution in [3.8, 4) is 22.6 Å². The molecule has 1 heterocycles. The van der Waals surface area contributed by atoms with Crippen LogP contribution in [0.5, 0.6) is 5.75 Å². The van der Waals surface area contributed by atoms with Crippen molar-refractivity contribution in [1.82, 2.24) is 9.78 Å². The fraction of sp³-hybridized carbons (Fsp3) is 0. The SMILES string of the molecule is O=c1cc(-c2ccc3ccccc3c2O)cnn1-c1ccccc1. The zero-order valence-electron chi connectivity index (χ0n) is 12.8. The predicted molar refractivity (Wildman–Crippen MR) is 94.4 cm³/mol. The zero-order valence-corrected chi connectivity index (χ0v) is 12.8. The molecule has 4 heteroatoms. The Morgan fingerprint density at radius 1 is 0.875 bits per heavy atom. The largest absolute Gasteiger partial charge is 0.507 e. The second-order valence-corrected chi connectivity index (χ2v) is 5.51. The van der Waals surface area contributed by atoms with Crippen molar-refractivity contribution >= 4 is 10.8 Å². The van der Waals surface area contributed by atoms with Crippen LogP contribution in [0.1, 0.15) is 0 Å². The second-order valence-electron chi connectivity index (χ2n) is 5.51. The number of hydrogen-bond acceptors (Lipinski definition) is 3. The second kappa shape index (κ2) is 5.66. The quantitative estimate of drug-likeness (QED) is 0.613. The molecule has 116 valence electrons. The number of para-hydroxylation sites is 1. The van der Waals surface area contributed by atoms with Crippen molar-refractivity contribution in [3.05, 3.63) is 89.3 Å². The molecule has 0 saturated heterocycles. The van der Waals surface area contributed by atoms with E-state index < -0.39 is 0 Å². The van der Waals surface area contributed by atoms with Crippen molar-refractivity contribution in [2.75, 3.05) is 0 Å². The van der Waals surface area contributed by atoms with Gasteiger partial charge < -0.3 is 5.11 Å². The topological polar surface area (TPSA) is 55.1 Å². The summed E-state index contributed by atoms with van der Waals surface area (Å²) in [4.78, 5) is 12.4. The molecule has 1 N–H and O–H groups in total. The Hall–Kier alpha value is -3.40. The van der Waals surface area contributed by atoms with Gasteiger partial charge in [-0.2, -0.15) is 9.78 Å². The normalized spacial score (nSPS) is 10.8. The number of hydrogen-bond donors (Lipinski definition) is 1. The summed E-state index contributed by atoms with van der Waals surface area (Å²) in [6.07, 6.45) is 1.60. The molecule has 4 rings (SSSR count). The van der Waals surface area contributed by atoms with Crippen LogP contribution in [0, 0.1) is 0 Å². The molecule has 0 aliphatic rings. The van der Waals surface area contributed by atoms with Crippen molar-refractivity contribution < 1.29 is 5.11 Å². The number of benzene rings is 3. The number of rotatable bonds is 2. The lowest BCUT2D eigenvalue weighted by Gasteiger charge is -2.09. The minimum absolute atomic E-state index is 0.159. The highest BCUT2D eigenvalue weighted by Gasteiger charge is 2.10. The van der Waals surface area contributed by atoms with Crippen LogP contribution in [-0.4, -0.2) is 14.9 Å². The third kappa shape index (κ3) is 2.34. The molecule has 0 aliphatic heterocycles. The van der Waals surface area contributed by atoms with Crippen molar-refractivity contribution in [2.45, 2.75) is 0 Å². The van der Waals surface area contributed by atoms with Gasteiger partial charge >= 0.3 is 0 Å². The third-order valence-corrected chi connectivity index (χ3v) is 4.01. The molecule has 0 fully saturated rings. The van der Waals surface area contributed by atoms with E-state index in [2.05, 4.69) is 5.10 Å². The van der Waals surface area contributed by atoms with Gasteiger partial charge in [0.25, 0.3) is 5.56 Å². The third-order valence-electron chi connectivity index (χ3n) is 4.01. The molecule has 0 amide bonds. The van der Waals surface area contributed by atoms with Gasteiger partial charge in [0.05, 0.1) is 11.9 Å². The minimum Gasteiger partial charge on any atom is -0.507 e. The van der Waals surface area contributed by atoms with E-state index in [4.69, 9.17) is 0 Å². The molecule has 1 aromatic heterocycles. The molecular formula is C20H14N2O2. The molecule has 4 nitrogen and oxygen atoms in total. The highest BCUT2D eigenvalue weighted by Crippen LogP contribution is 2.34. The van der Waals surface area contributed by atoms with Crippen LogP contribution in [0.25, 0.3) is 27.6 Å². The number of phenolic OH excluding ortho intramolecular Hbond substituents is 1. The molecule has 0 bridgehead atoms. The van der Waals surface area contributed by atoms with Crippen LogP contribution in [0.2, 0.25) is 0 Å². The van der Waals surface area contributed by atoms with E-state index in [0.717, 1.165) is 10.8 Å². The number of aromatic nitrogens is 2. The fourth-order valence-electron chi connectivity index (χ4n) is 2.81. The first-order valence-electron chi connectivity index (χ1n) is 7.60. The maximum atomic E-state index is 12.4. The van der Waals surface area contributed by atoms with Gasteiger partial charge in [0, 0.05) is 22.6 Å². The summed E-state index contributed by atoms with van der Waals surface area (Å²) in [6, 6.07) is 22.0. The maximum Gasteiger partial charge on any atom is 0.272 e. The molecular weight excluding hydrogens is 300 g/mol. The summed E-state index contributed by atoms with van der Waals surface area (Å²) in [7, 11) is 0. The Morgan fingerprint density at radius 2 is 1.62 bits per heavy atom. The molecule has 24 heavy (non-hydrogen) atoms. The van der Waals surface area contributed by atoms with Crippen LogP contribution in [0.3, 0.4) is 0 Å². The lowest BCUT2D eigenvalue weighted by Crippen LogP contribution is -2.19. The lowest BCUT2D eigenvalue weighted by molar-refractivity contribution is 0.483. The fourth-order valence-corrected chi connectivity index (χ4v) is 2.81. The predicted octanol–water partition coefficient (Wildman–Crippen LogP) is 3.76. The molecule has 0 spiro atoms. The zero-order chi connectivity index (χ0) is 16.5. The molecule has 0 atom stereocenters. The van der Waals surface area contributed by atoms with Gasteiger partial charge in [0.2, 0.25) is 0 Å². The summed E-state index contributed by atoms with van der Waals surface area (Å²) in [5.74, 6) is 0.159. The van der Waals surface area contributed by atoms with E-state index in [1.807, 2.05) is 60.7 Å². The van der Waals surface area contributed by atoms with E-state index in [-0.39, 0.29) is 11.3 Å². The van der Waals surface area contributed by atoms with E-state index in [1.165, 1.54) is 10.7 Å². The van der Waals surface area contributed by atoms with E-state index >= 15 is 0 Å². The summed E-state index contributed by atoms with van der Waals surface area (Å²) in [5.41, 5.74) is 1.65. The van der Waals surface area contributed by atoms with Gasteiger partial charge in [-0.1, -0.05) is 48.5 Å². The molecule has 0 unspecified atom stereocenters. The van der Waals surface area contributed by atoms with Gasteiger partial charge in [-0.3, -0.25) is 4.79 Å². The highest BCUT2D eigenvalue weighted by molar-refractivity contribution is 5.94. The van der Waals surface area contributed by atoms with Crippen LogP contribution >= 0.6 is 0 Å².